The van der Waals surface area contributed by atoms with Crippen molar-refractivity contribution in [3.8, 4) is 0 Å². The quantitative estimate of drug-likeness (QED) is 0.816. The molecule has 1 aromatic rings. The summed E-state index contributed by atoms with van der Waals surface area (Å²) in [6, 6.07) is 3.60. The number of halogens is 1. The summed E-state index contributed by atoms with van der Waals surface area (Å²) < 4.78 is 0.728. The van der Waals surface area contributed by atoms with Crippen LogP contribution in [-0.2, 0) is 0 Å². The summed E-state index contributed by atoms with van der Waals surface area (Å²) in [5, 5.41) is 2.86. The Bertz CT molecular complexity index is 369. The highest BCUT2D eigenvalue weighted by atomic mass is 79.9. The summed E-state index contributed by atoms with van der Waals surface area (Å²) >= 11 is 3.31. The number of hydrogen-bond acceptors (Lipinski definition) is 3. The zero-order chi connectivity index (χ0) is 12.7. The minimum absolute atomic E-state index is 0.123. The molecule has 1 amide bonds. The molecule has 0 aliphatic heterocycles. The van der Waals surface area contributed by atoms with Gasteiger partial charge in [-0.05, 0) is 61.5 Å². The van der Waals surface area contributed by atoms with Gasteiger partial charge < -0.3 is 10.2 Å². The summed E-state index contributed by atoms with van der Waals surface area (Å²) in [6.07, 6.45) is 3.68. The van der Waals surface area contributed by atoms with Gasteiger partial charge in [0.05, 0.1) is 0 Å². The van der Waals surface area contributed by atoms with Crippen LogP contribution in [-0.4, -0.2) is 43.0 Å². The maximum atomic E-state index is 11.7. The van der Waals surface area contributed by atoms with Gasteiger partial charge >= 0.3 is 0 Å². The average Bonchev–Trinajstić information content (AvgIpc) is 2.28. The number of aromatic nitrogens is 1. The lowest BCUT2D eigenvalue weighted by Gasteiger charge is -2.09. The van der Waals surface area contributed by atoms with Crippen LogP contribution in [0, 0.1) is 0 Å². The molecule has 94 valence electrons. The molecule has 1 aromatic heterocycles. The molecular formula is C12H18BrN3O. The van der Waals surface area contributed by atoms with Crippen LogP contribution < -0.4 is 5.32 Å². The van der Waals surface area contributed by atoms with E-state index in [0.717, 1.165) is 23.9 Å². The first-order valence-electron chi connectivity index (χ1n) is 5.64. The van der Waals surface area contributed by atoms with Gasteiger partial charge in [0.1, 0.15) is 5.69 Å². The Morgan fingerprint density at radius 1 is 1.47 bits per heavy atom. The van der Waals surface area contributed by atoms with E-state index in [0.29, 0.717) is 12.2 Å². The van der Waals surface area contributed by atoms with E-state index in [2.05, 4.69) is 31.1 Å². The molecule has 1 heterocycles. The van der Waals surface area contributed by atoms with Crippen molar-refractivity contribution in [1.82, 2.24) is 15.2 Å². The lowest BCUT2D eigenvalue weighted by molar-refractivity contribution is 0.0947. The SMILES string of the molecule is CN(C)CCCCNC(=O)c1ncccc1Br. The first-order chi connectivity index (χ1) is 8.11. The average molecular weight is 300 g/mol. The topological polar surface area (TPSA) is 45.2 Å². The number of nitrogens with one attached hydrogen (secondary N) is 1. The Balaban J connectivity index is 2.29. The minimum atomic E-state index is -0.123. The number of rotatable bonds is 6. The molecule has 0 saturated heterocycles. The lowest BCUT2D eigenvalue weighted by atomic mass is 10.3. The molecule has 0 atom stereocenters. The molecular weight excluding hydrogens is 282 g/mol. The number of pyridine rings is 1. The standard InChI is InChI=1S/C12H18BrN3O/c1-16(2)9-4-3-7-15-12(17)11-10(13)6-5-8-14-11/h5-6,8H,3-4,7,9H2,1-2H3,(H,15,17). The number of nitrogens with zero attached hydrogens (tertiary/aromatic N) is 2. The zero-order valence-corrected chi connectivity index (χ0v) is 11.8. The number of hydrogen-bond donors (Lipinski definition) is 1. The maximum Gasteiger partial charge on any atom is 0.271 e. The van der Waals surface area contributed by atoms with Crippen LogP contribution in [0.4, 0.5) is 0 Å². The largest absolute Gasteiger partial charge is 0.351 e. The van der Waals surface area contributed by atoms with Gasteiger partial charge in [-0.1, -0.05) is 0 Å². The third-order valence-electron chi connectivity index (χ3n) is 2.29. The van der Waals surface area contributed by atoms with E-state index in [1.54, 1.807) is 12.3 Å². The minimum Gasteiger partial charge on any atom is -0.351 e. The highest BCUT2D eigenvalue weighted by Gasteiger charge is 2.09. The van der Waals surface area contributed by atoms with Crippen LogP contribution >= 0.6 is 15.9 Å². The van der Waals surface area contributed by atoms with Gasteiger partial charge in [0.15, 0.2) is 0 Å². The van der Waals surface area contributed by atoms with E-state index in [4.69, 9.17) is 0 Å². The molecule has 1 N–H and O–H groups in total. The second-order valence-corrected chi connectivity index (χ2v) is 4.95. The van der Waals surface area contributed by atoms with E-state index < -0.39 is 0 Å². The van der Waals surface area contributed by atoms with Crippen molar-refractivity contribution in [2.45, 2.75) is 12.8 Å². The molecule has 1 rings (SSSR count). The molecule has 0 fully saturated rings. The maximum absolute atomic E-state index is 11.7. The molecule has 4 nitrogen and oxygen atoms in total. The van der Waals surface area contributed by atoms with Crippen LogP contribution in [0.5, 0.6) is 0 Å². The van der Waals surface area contributed by atoms with Gasteiger partial charge in [0.2, 0.25) is 0 Å². The fourth-order valence-corrected chi connectivity index (χ4v) is 1.83. The van der Waals surface area contributed by atoms with E-state index >= 15 is 0 Å². The Labute approximate surface area is 111 Å². The van der Waals surface area contributed by atoms with E-state index in [-0.39, 0.29) is 5.91 Å². The molecule has 0 spiro atoms. The molecule has 5 heteroatoms. The predicted octanol–water partition coefficient (Wildman–Crippen LogP) is 1.92. The highest BCUT2D eigenvalue weighted by Crippen LogP contribution is 2.12. The molecule has 0 aromatic carbocycles. The number of unbranched alkanes of at least 4 members (excludes halogenated alkanes) is 1. The second kappa shape index (κ2) is 7.40. The van der Waals surface area contributed by atoms with Crippen LogP contribution in [0.25, 0.3) is 0 Å². The fraction of sp³-hybridized carbons (Fsp3) is 0.500. The normalized spacial score (nSPS) is 10.6. The number of carbonyl (C=O) groups is 1. The van der Waals surface area contributed by atoms with Crippen molar-refractivity contribution in [1.29, 1.82) is 0 Å². The van der Waals surface area contributed by atoms with Crippen LogP contribution in [0.2, 0.25) is 0 Å². The third kappa shape index (κ3) is 5.28. The Hall–Kier alpha value is -0.940. The molecule has 0 aliphatic carbocycles. The summed E-state index contributed by atoms with van der Waals surface area (Å²) in [5.74, 6) is -0.123. The Morgan fingerprint density at radius 3 is 2.88 bits per heavy atom. The van der Waals surface area contributed by atoms with E-state index in [9.17, 15) is 4.79 Å². The van der Waals surface area contributed by atoms with Gasteiger partial charge in [-0.3, -0.25) is 4.79 Å². The third-order valence-corrected chi connectivity index (χ3v) is 2.93. The predicted molar refractivity (Wildman–Crippen MR) is 72.1 cm³/mol. The number of carbonyl (C=O) groups excluding carboxylic acids is 1. The van der Waals surface area contributed by atoms with E-state index in [1.807, 2.05) is 20.2 Å². The van der Waals surface area contributed by atoms with Gasteiger partial charge in [0.25, 0.3) is 5.91 Å². The summed E-state index contributed by atoms with van der Waals surface area (Å²) in [5.41, 5.74) is 0.445. The van der Waals surface area contributed by atoms with Crippen LogP contribution in [0.3, 0.4) is 0 Å². The van der Waals surface area contributed by atoms with E-state index in [1.165, 1.54) is 0 Å². The molecule has 0 radical (unpaired) electrons. The van der Waals surface area contributed by atoms with Crippen molar-refractivity contribution in [2.24, 2.45) is 0 Å². The first kappa shape index (κ1) is 14.1. The molecule has 17 heavy (non-hydrogen) atoms. The Morgan fingerprint density at radius 2 is 2.24 bits per heavy atom. The Kier molecular flexibility index (Phi) is 6.15. The van der Waals surface area contributed by atoms with Crippen molar-refractivity contribution in [3.63, 3.8) is 0 Å². The highest BCUT2D eigenvalue weighted by molar-refractivity contribution is 9.10. The zero-order valence-electron chi connectivity index (χ0n) is 10.2. The van der Waals surface area contributed by atoms with Crippen LogP contribution in [0.1, 0.15) is 23.3 Å². The van der Waals surface area contributed by atoms with Crippen molar-refractivity contribution in [2.75, 3.05) is 27.2 Å². The molecule has 0 aliphatic rings. The smallest absolute Gasteiger partial charge is 0.271 e. The van der Waals surface area contributed by atoms with Crippen molar-refractivity contribution < 1.29 is 4.79 Å². The first-order valence-corrected chi connectivity index (χ1v) is 6.44. The van der Waals surface area contributed by atoms with Crippen LogP contribution in [0.15, 0.2) is 22.8 Å². The molecule has 0 saturated carbocycles. The van der Waals surface area contributed by atoms with Crippen molar-refractivity contribution in [3.05, 3.63) is 28.5 Å². The number of amides is 1. The summed E-state index contributed by atoms with van der Waals surface area (Å²) in [7, 11) is 4.09. The molecule has 0 unspecified atom stereocenters. The van der Waals surface area contributed by atoms with Gasteiger partial charge in [-0.25, -0.2) is 4.98 Å². The van der Waals surface area contributed by atoms with Gasteiger partial charge in [-0.15, -0.1) is 0 Å². The fourth-order valence-electron chi connectivity index (χ4n) is 1.39. The van der Waals surface area contributed by atoms with Gasteiger partial charge in [-0.2, -0.15) is 0 Å². The van der Waals surface area contributed by atoms with Gasteiger partial charge in [0, 0.05) is 17.2 Å². The lowest BCUT2D eigenvalue weighted by Crippen LogP contribution is -2.26. The summed E-state index contributed by atoms with van der Waals surface area (Å²) in [6.45, 7) is 1.73. The second-order valence-electron chi connectivity index (χ2n) is 4.10. The molecule has 0 bridgehead atoms. The summed E-state index contributed by atoms with van der Waals surface area (Å²) in [4.78, 5) is 17.9. The van der Waals surface area contributed by atoms with Crippen molar-refractivity contribution >= 4 is 21.8 Å². The monoisotopic (exact) mass is 299 g/mol.